The third kappa shape index (κ3) is 4.26. The van der Waals surface area contributed by atoms with Crippen LogP contribution in [0.15, 0.2) is 68.8 Å². The molecule has 0 bridgehead atoms. The molecule has 0 N–H and O–H groups in total. The smallest absolute Gasteiger partial charge is 0.296 e. The van der Waals surface area contributed by atoms with Gasteiger partial charge in [-0.1, -0.05) is 35.5 Å². The van der Waals surface area contributed by atoms with Crippen LogP contribution in [0.2, 0.25) is 0 Å². The zero-order chi connectivity index (χ0) is 18.6. The molecule has 0 fully saturated rings. The zero-order valence-electron chi connectivity index (χ0n) is 13.8. The molecule has 0 radical (unpaired) electrons. The highest BCUT2D eigenvalue weighted by molar-refractivity contribution is 7.91. The van der Waals surface area contributed by atoms with Gasteiger partial charge in [-0.2, -0.15) is 0 Å². The van der Waals surface area contributed by atoms with E-state index in [1.807, 2.05) is 0 Å². The molecule has 1 aromatic heterocycles. The molecule has 6 nitrogen and oxygen atoms in total. The molecule has 0 atom stereocenters. The summed E-state index contributed by atoms with van der Waals surface area (Å²) in [6.45, 7) is 0.172. The number of aromatic nitrogens is 2. The van der Waals surface area contributed by atoms with Crippen molar-refractivity contribution in [1.29, 1.82) is 0 Å². The van der Waals surface area contributed by atoms with Gasteiger partial charge in [0.2, 0.25) is 0 Å². The topological polar surface area (TPSA) is 82.2 Å². The van der Waals surface area contributed by atoms with E-state index in [1.165, 1.54) is 16.7 Å². The minimum Gasteiger partial charge on any atom is -0.296 e. The second kappa shape index (κ2) is 7.65. The molecule has 136 valence electrons. The maximum Gasteiger partial charge on any atom is 0.441 e. The molecule has 2 aromatic carbocycles. The molecule has 0 aliphatic rings. The van der Waals surface area contributed by atoms with Crippen LogP contribution >= 0.6 is 0 Å². The lowest BCUT2D eigenvalue weighted by Gasteiger charge is -2.06. The van der Waals surface area contributed by atoms with Crippen LogP contribution in [0.1, 0.15) is 17.8 Å². The van der Waals surface area contributed by atoms with Crippen LogP contribution in [0.4, 0.5) is 4.39 Å². The predicted octanol–water partition coefficient (Wildman–Crippen LogP) is 2.43. The van der Waals surface area contributed by atoms with Crippen LogP contribution in [0.5, 0.6) is 0 Å². The Morgan fingerprint density at radius 2 is 1.73 bits per heavy atom. The summed E-state index contributed by atoms with van der Waals surface area (Å²) in [6, 6.07) is 14.0. The summed E-state index contributed by atoms with van der Waals surface area (Å²) in [4.78, 5) is 12.1. The second-order valence-electron chi connectivity index (χ2n) is 5.81. The van der Waals surface area contributed by atoms with E-state index in [2.05, 4.69) is 5.16 Å². The first-order valence-electron chi connectivity index (χ1n) is 8.03. The average molecular weight is 376 g/mol. The van der Waals surface area contributed by atoms with E-state index in [0.29, 0.717) is 5.82 Å². The average Bonchev–Trinajstić information content (AvgIpc) is 2.98. The van der Waals surface area contributed by atoms with Gasteiger partial charge < -0.3 is 0 Å². The van der Waals surface area contributed by atoms with Crippen LogP contribution < -0.4 is 5.76 Å². The lowest BCUT2D eigenvalue weighted by molar-refractivity contribution is 0.373. The molecular formula is C18H17FN2O4S. The molecular weight excluding hydrogens is 359 g/mol. The fourth-order valence-corrected chi connectivity index (χ4v) is 3.90. The van der Waals surface area contributed by atoms with E-state index in [1.54, 1.807) is 42.5 Å². The molecule has 0 saturated carbocycles. The number of nitrogens with zero attached hydrogens (tertiary/aromatic N) is 2. The Kier molecular flexibility index (Phi) is 5.32. The van der Waals surface area contributed by atoms with Crippen molar-refractivity contribution >= 4 is 9.84 Å². The molecule has 26 heavy (non-hydrogen) atoms. The van der Waals surface area contributed by atoms with Gasteiger partial charge in [0.05, 0.1) is 10.6 Å². The monoisotopic (exact) mass is 376 g/mol. The van der Waals surface area contributed by atoms with Crippen LogP contribution in [0, 0.1) is 5.82 Å². The van der Waals surface area contributed by atoms with E-state index in [0.717, 1.165) is 5.56 Å². The standard InChI is InChI=1S/C18H17FN2O4S/c19-15-9-7-14(8-10-15)13-17-20-25-18(22)21(17)11-4-12-26(23,24)16-5-2-1-3-6-16/h1-3,5-10H,4,11-13H2. The lowest BCUT2D eigenvalue weighted by Crippen LogP contribution is -2.19. The van der Waals surface area contributed by atoms with Gasteiger partial charge in [-0.05, 0) is 36.2 Å². The molecule has 3 rings (SSSR count). The summed E-state index contributed by atoms with van der Waals surface area (Å²) in [5, 5.41) is 3.74. The Balaban J connectivity index is 1.68. The summed E-state index contributed by atoms with van der Waals surface area (Å²) >= 11 is 0. The summed E-state index contributed by atoms with van der Waals surface area (Å²) in [6.07, 6.45) is 0.534. The molecule has 3 aromatic rings. The second-order valence-corrected chi connectivity index (χ2v) is 7.91. The van der Waals surface area contributed by atoms with Crippen LogP contribution in [0.3, 0.4) is 0 Å². The van der Waals surface area contributed by atoms with Crippen molar-refractivity contribution in [3.05, 3.63) is 82.4 Å². The number of benzene rings is 2. The number of halogens is 1. The summed E-state index contributed by atoms with van der Waals surface area (Å²) in [5.41, 5.74) is 0.769. The van der Waals surface area contributed by atoms with Crippen molar-refractivity contribution < 1.29 is 17.3 Å². The molecule has 0 aliphatic heterocycles. The van der Waals surface area contributed by atoms with Crippen molar-refractivity contribution in [1.82, 2.24) is 9.72 Å². The van der Waals surface area contributed by atoms with Crippen molar-refractivity contribution in [3.8, 4) is 0 Å². The van der Waals surface area contributed by atoms with E-state index >= 15 is 0 Å². The first-order chi connectivity index (χ1) is 12.5. The van der Waals surface area contributed by atoms with Gasteiger partial charge in [0, 0.05) is 13.0 Å². The SMILES string of the molecule is O=c1onc(Cc2ccc(F)cc2)n1CCCS(=O)(=O)c1ccccc1. The Morgan fingerprint density at radius 1 is 1.04 bits per heavy atom. The number of hydrogen-bond acceptors (Lipinski definition) is 5. The lowest BCUT2D eigenvalue weighted by atomic mass is 10.1. The van der Waals surface area contributed by atoms with Crippen molar-refractivity contribution in [2.45, 2.75) is 24.3 Å². The molecule has 0 amide bonds. The molecule has 0 aliphatic carbocycles. The molecule has 0 saturated heterocycles. The Morgan fingerprint density at radius 3 is 2.42 bits per heavy atom. The van der Waals surface area contributed by atoms with E-state index in [9.17, 15) is 17.6 Å². The van der Waals surface area contributed by atoms with Gasteiger partial charge >= 0.3 is 5.76 Å². The highest BCUT2D eigenvalue weighted by Crippen LogP contribution is 2.12. The largest absolute Gasteiger partial charge is 0.441 e. The number of sulfone groups is 1. The van der Waals surface area contributed by atoms with Crippen LogP contribution in [0.25, 0.3) is 0 Å². The zero-order valence-corrected chi connectivity index (χ0v) is 14.7. The van der Waals surface area contributed by atoms with Crippen LogP contribution in [-0.4, -0.2) is 23.9 Å². The molecule has 1 heterocycles. The Hall–Kier alpha value is -2.74. The first kappa shape index (κ1) is 18.1. The summed E-state index contributed by atoms with van der Waals surface area (Å²) in [7, 11) is -3.41. The maximum absolute atomic E-state index is 13.0. The predicted molar refractivity (Wildman–Crippen MR) is 93.1 cm³/mol. The summed E-state index contributed by atoms with van der Waals surface area (Å²) in [5.74, 6) is -0.708. The number of rotatable bonds is 7. The Labute approximate surface area is 149 Å². The highest BCUT2D eigenvalue weighted by atomic mass is 32.2. The summed E-state index contributed by atoms with van der Waals surface area (Å²) < 4.78 is 43.6. The van der Waals surface area contributed by atoms with Crippen LogP contribution in [-0.2, 0) is 22.8 Å². The quantitative estimate of drug-likeness (QED) is 0.632. The molecule has 8 heteroatoms. The van der Waals surface area contributed by atoms with E-state index in [-0.39, 0.29) is 35.9 Å². The van der Waals surface area contributed by atoms with E-state index in [4.69, 9.17) is 4.52 Å². The van der Waals surface area contributed by atoms with Gasteiger partial charge in [-0.3, -0.25) is 9.09 Å². The number of hydrogen-bond donors (Lipinski definition) is 0. The van der Waals surface area contributed by atoms with Gasteiger partial charge in [0.15, 0.2) is 15.7 Å². The van der Waals surface area contributed by atoms with Gasteiger partial charge in [-0.25, -0.2) is 17.6 Å². The normalized spacial score (nSPS) is 11.6. The molecule has 0 unspecified atom stereocenters. The van der Waals surface area contributed by atoms with Gasteiger partial charge in [0.1, 0.15) is 5.82 Å². The fourth-order valence-electron chi connectivity index (χ4n) is 2.59. The maximum atomic E-state index is 13.0. The van der Waals surface area contributed by atoms with Gasteiger partial charge in [-0.15, -0.1) is 0 Å². The minimum atomic E-state index is -3.41. The minimum absolute atomic E-state index is 0.0926. The van der Waals surface area contributed by atoms with E-state index < -0.39 is 15.6 Å². The highest BCUT2D eigenvalue weighted by Gasteiger charge is 2.16. The third-order valence-electron chi connectivity index (χ3n) is 3.93. The molecule has 0 spiro atoms. The third-order valence-corrected chi connectivity index (χ3v) is 5.75. The fraction of sp³-hybridized carbons (Fsp3) is 0.222. The van der Waals surface area contributed by atoms with Crippen molar-refractivity contribution in [2.24, 2.45) is 0 Å². The van der Waals surface area contributed by atoms with Gasteiger partial charge in [0.25, 0.3) is 0 Å². The Bertz CT molecular complexity index is 1030. The van der Waals surface area contributed by atoms with Crippen molar-refractivity contribution in [3.63, 3.8) is 0 Å². The van der Waals surface area contributed by atoms with Crippen molar-refractivity contribution in [2.75, 3.05) is 5.75 Å². The first-order valence-corrected chi connectivity index (χ1v) is 9.68.